The fourth-order valence-electron chi connectivity index (χ4n) is 4.63. The molecule has 4 heterocycles. The lowest BCUT2D eigenvalue weighted by Gasteiger charge is -2.32. The van der Waals surface area contributed by atoms with Gasteiger partial charge in [-0.3, -0.25) is 0 Å². The van der Waals surface area contributed by atoms with Crippen molar-refractivity contribution in [3.8, 4) is 0 Å². The minimum atomic E-state index is -1.12. The number of hydrogen-bond donors (Lipinski definition) is 1. The summed E-state index contributed by atoms with van der Waals surface area (Å²) in [4.78, 5) is 24.5. The Morgan fingerprint density at radius 3 is 2.67 bits per heavy atom. The first-order valence-corrected chi connectivity index (χ1v) is 9.09. The summed E-state index contributed by atoms with van der Waals surface area (Å²) in [7, 11) is 0. The fourth-order valence-corrected chi connectivity index (χ4v) is 4.63. The Morgan fingerprint density at radius 2 is 2.04 bits per heavy atom. The molecule has 1 spiro atoms. The molecule has 146 valence electrons. The Labute approximate surface area is 156 Å². The van der Waals surface area contributed by atoms with Crippen molar-refractivity contribution in [1.29, 1.82) is 0 Å². The van der Waals surface area contributed by atoms with Gasteiger partial charge in [-0.15, -0.1) is 0 Å². The molecule has 0 aromatic rings. The quantitative estimate of drug-likeness (QED) is 0.407. The molecule has 5 aliphatic rings. The van der Waals surface area contributed by atoms with E-state index in [9.17, 15) is 14.7 Å². The largest absolute Gasteiger partial charge is 0.458 e. The van der Waals surface area contributed by atoms with E-state index in [0.29, 0.717) is 13.0 Å². The van der Waals surface area contributed by atoms with E-state index >= 15 is 0 Å². The highest BCUT2D eigenvalue weighted by molar-refractivity contribution is 5.91. The van der Waals surface area contributed by atoms with Gasteiger partial charge in [0.15, 0.2) is 0 Å². The van der Waals surface area contributed by atoms with E-state index in [1.54, 1.807) is 6.92 Å². The number of ether oxygens (including phenoxy) is 5. The number of aliphatic hydroxyl groups excluding tert-OH is 1. The van der Waals surface area contributed by atoms with E-state index in [4.69, 9.17) is 23.7 Å². The third-order valence-corrected chi connectivity index (χ3v) is 6.41. The zero-order valence-corrected chi connectivity index (χ0v) is 15.2. The van der Waals surface area contributed by atoms with E-state index in [0.717, 1.165) is 0 Å². The van der Waals surface area contributed by atoms with Gasteiger partial charge in [0.2, 0.25) is 0 Å². The molecule has 1 aliphatic carbocycles. The minimum absolute atomic E-state index is 0.170. The van der Waals surface area contributed by atoms with Gasteiger partial charge in [-0.25, -0.2) is 9.59 Å². The normalized spacial score (nSPS) is 52.2. The predicted octanol–water partition coefficient (Wildman–Crippen LogP) is 0.0306. The maximum absolute atomic E-state index is 12.2. The van der Waals surface area contributed by atoms with Gasteiger partial charge in [-0.05, 0) is 13.8 Å². The summed E-state index contributed by atoms with van der Waals surface area (Å²) in [6.07, 6.45) is -3.14. The maximum atomic E-state index is 12.2. The predicted molar refractivity (Wildman–Crippen MR) is 88.4 cm³/mol. The van der Waals surface area contributed by atoms with Gasteiger partial charge in [0.25, 0.3) is 0 Å². The van der Waals surface area contributed by atoms with Gasteiger partial charge in [-0.1, -0.05) is 13.2 Å². The van der Waals surface area contributed by atoms with Crippen molar-refractivity contribution in [2.75, 3.05) is 6.61 Å². The molecule has 9 atom stereocenters. The van der Waals surface area contributed by atoms with Gasteiger partial charge in [0.1, 0.15) is 42.2 Å². The fraction of sp³-hybridized carbons (Fsp3) is 0.684. The lowest BCUT2D eigenvalue weighted by Crippen LogP contribution is -2.51. The second kappa shape index (κ2) is 5.20. The number of esters is 2. The summed E-state index contributed by atoms with van der Waals surface area (Å²) in [5.74, 6) is -1.88. The molecule has 5 rings (SSSR count). The molecule has 8 heteroatoms. The van der Waals surface area contributed by atoms with Crippen LogP contribution >= 0.6 is 0 Å². The third-order valence-electron chi connectivity index (χ3n) is 6.41. The van der Waals surface area contributed by atoms with E-state index in [1.165, 1.54) is 0 Å². The SMILES string of the molecule is C=C(C)C(=O)O[C@H]1C[C@@]2(C)O[C@@H]2[C@H]2O[C@H]2[C@@]2(CO2)[C@H](O)[C@@H]2OC(=O)C(=C)[C@H]21. The van der Waals surface area contributed by atoms with Crippen LogP contribution in [0, 0.1) is 5.92 Å². The van der Waals surface area contributed by atoms with Crippen LogP contribution in [0.3, 0.4) is 0 Å². The van der Waals surface area contributed by atoms with E-state index < -0.39 is 47.4 Å². The van der Waals surface area contributed by atoms with Crippen LogP contribution in [0.4, 0.5) is 0 Å². The van der Waals surface area contributed by atoms with E-state index in [-0.39, 0.29) is 29.5 Å². The monoisotopic (exact) mass is 378 g/mol. The second-order valence-corrected chi connectivity index (χ2v) is 8.41. The molecule has 1 saturated carbocycles. The molecule has 0 amide bonds. The van der Waals surface area contributed by atoms with Crippen LogP contribution in [0.15, 0.2) is 24.3 Å². The zero-order chi connectivity index (χ0) is 19.3. The number of fused-ring (bicyclic) bond motifs is 5. The Hall–Kier alpha value is -1.74. The first-order valence-electron chi connectivity index (χ1n) is 9.09. The average Bonchev–Trinajstić information content (AvgIpc) is 3.46. The van der Waals surface area contributed by atoms with Crippen LogP contribution in [0.2, 0.25) is 0 Å². The van der Waals surface area contributed by atoms with Crippen molar-refractivity contribution in [3.63, 3.8) is 0 Å². The number of hydrogen-bond acceptors (Lipinski definition) is 8. The average molecular weight is 378 g/mol. The molecule has 0 bridgehead atoms. The van der Waals surface area contributed by atoms with Crippen molar-refractivity contribution in [3.05, 3.63) is 24.3 Å². The van der Waals surface area contributed by atoms with Gasteiger partial charge in [0.05, 0.1) is 18.1 Å². The van der Waals surface area contributed by atoms with Crippen LogP contribution in [0.1, 0.15) is 20.3 Å². The summed E-state index contributed by atoms with van der Waals surface area (Å²) >= 11 is 0. The second-order valence-electron chi connectivity index (χ2n) is 8.41. The highest BCUT2D eigenvalue weighted by Crippen LogP contribution is 2.58. The molecular formula is C19H22O8. The van der Waals surface area contributed by atoms with Gasteiger partial charge >= 0.3 is 11.9 Å². The molecule has 1 N–H and O–H groups in total. The number of aliphatic hydroxyl groups is 1. The molecule has 0 unspecified atom stereocenters. The summed E-state index contributed by atoms with van der Waals surface area (Å²) in [5, 5.41) is 11.0. The standard InChI is InChI=1S/C19H22O8/c1-7(2)16(21)24-9-5-18(4)14(27-18)12-15(25-12)19(6-23-19)13(20)11-10(9)8(3)17(22)26-11/h9-15,20H,1,3,5-6H2,2,4H3/t9-,10-,11+,12+,13+,14+,15+,18+,19+/m0/s1. The summed E-state index contributed by atoms with van der Waals surface area (Å²) in [5.41, 5.74) is -1.07. The topological polar surface area (TPSA) is 110 Å². The Morgan fingerprint density at radius 1 is 1.33 bits per heavy atom. The summed E-state index contributed by atoms with van der Waals surface area (Å²) in [6.45, 7) is 11.2. The molecule has 4 aliphatic heterocycles. The van der Waals surface area contributed by atoms with Crippen molar-refractivity contribution >= 4 is 11.9 Å². The Balaban J connectivity index is 1.54. The van der Waals surface area contributed by atoms with Crippen LogP contribution in [-0.4, -0.2) is 71.5 Å². The number of carbonyl (C=O) groups is 2. The molecule has 4 saturated heterocycles. The van der Waals surface area contributed by atoms with E-state index in [1.807, 2.05) is 6.92 Å². The maximum Gasteiger partial charge on any atom is 0.334 e. The minimum Gasteiger partial charge on any atom is -0.458 e. The first-order chi connectivity index (χ1) is 12.7. The van der Waals surface area contributed by atoms with E-state index in [2.05, 4.69) is 13.2 Å². The third kappa shape index (κ3) is 2.37. The molecular weight excluding hydrogens is 356 g/mol. The number of carbonyl (C=O) groups excluding carboxylic acids is 2. The van der Waals surface area contributed by atoms with Crippen LogP contribution in [0.25, 0.3) is 0 Å². The van der Waals surface area contributed by atoms with Gasteiger partial charge in [-0.2, -0.15) is 0 Å². The lowest BCUT2D eigenvalue weighted by atomic mass is 9.77. The van der Waals surface area contributed by atoms with Crippen molar-refractivity contribution < 1.29 is 38.4 Å². The Bertz CT molecular complexity index is 770. The lowest BCUT2D eigenvalue weighted by molar-refractivity contribution is -0.155. The summed E-state index contributed by atoms with van der Waals surface area (Å²) in [6, 6.07) is 0. The van der Waals surface area contributed by atoms with Gasteiger partial charge < -0.3 is 28.8 Å². The first kappa shape index (κ1) is 17.4. The number of epoxide rings is 3. The Kier molecular flexibility index (Phi) is 3.34. The zero-order valence-electron chi connectivity index (χ0n) is 15.2. The van der Waals surface area contributed by atoms with Crippen molar-refractivity contribution in [2.45, 2.75) is 68.1 Å². The smallest absolute Gasteiger partial charge is 0.334 e. The van der Waals surface area contributed by atoms with Crippen molar-refractivity contribution in [1.82, 2.24) is 0 Å². The molecule has 8 nitrogen and oxygen atoms in total. The molecule has 5 fully saturated rings. The highest BCUT2D eigenvalue weighted by atomic mass is 16.7. The molecule has 0 aromatic carbocycles. The molecule has 0 aromatic heterocycles. The highest BCUT2D eigenvalue weighted by Gasteiger charge is 2.77. The van der Waals surface area contributed by atoms with Crippen molar-refractivity contribution in [2.24, 2.45) is 5.92 Å². The molecule has 0 radical (unpaired) electrons. The van der Waals surface area contributed by atoms with Crippen LogP contribution < -0.4 is 0 Å². The number of rotatable bonds is 2. The molecule has 27 heavy (non-hydrogen) atoms. The summed E-state index contributed by atoms with van der Waals surface area (Å²) < 4.78 is 28.4. The van der Waals surface area contributed by atoms with Gasteiger partial charge in [0, 0.05) is 17.6 Å². The van der Waals surface area contributed by atoms with Crippen LogP contribution in [0.5, 0.6) is 0 Å². The van der Waals surface area contributed by atoms with Crippen LogP contribution in [-0.2, 0) is 33.3 Å².